The molecule has 1 N–H and O–H groups in total. The van der Waals surface area contributed by atoms with Crippen LogP contribution in [0.5, 0.6) is 0 Å². The molecule has 0 radical (unpaired) electrons. The number of hydrogen-bond donors (Lipinski definition) is 1. The van der Waals surface area contributed by atoms with E-state index in [2.05, 4.69) is 22.2 Å². The number of ether oxygens (including phenoxy) is 1. The predicted molar refractivity (Wildman–Crippen MR) is 82.0 cm³/mol. The van der Waals surface area contributed by atoms with E-state index in [-0.39, 0.29) is 0 Å². The van der Waals surface area contributed by atoms with E-state index in [1.54, 1.807) is 6.07 Å². The summed E-state index contributed by atoms with van der Waals surface area (Å²) in [4.78, 5) is 8.67. The number of nitrogens with zero attached hydrogens (tertiary/aromatic N) is 2. The fraction of sp³-hybridized carbons (Fsp3) is 0.733. The molecule has 4 nitrogen and oxygen atoms in total. The molecule has 20 heavy (non-hydrogen) atoms. The number of hydrogen-bond acceptors (Lipinski definition) is 4. The van der Waals surface area contributed by atoms with Gasteiger partial charge in [-0.3, -0.25) is 0 Å². The smallest absolute Gasteiger partial charge is 0.158 e. The van der Waals surface area contributed by atoms with E-state index in [9.17, 15) is 0 Å². The van der Waals surface area contributed by atoms with Crippen molar-refractivity contribution in [3.05, 3.63) is 17.0 Å². The maximum atomic E-state index is 6.06. The van der Waals surface area contributed by atoms with Gasteiger partial charge in [0.2, 0.25) is 0 Å². The zero-order valence-corrected chi connectivity index (χ0v) is 13.1. The van der Waals surface area contributed by atoms with E-state index in [0.29, 0.717) is 30.2 Å². The van der Waals surface area contributed by atoms with Gasteiger partial charge in [-0.25, -0.2) is 9.97 Å². The molecule has 0 saturated heterocycles. The summed E-state index contributed by atoms with van der Waals surface area (Å²) in [6, 6.07) is 2.30. The Labute approximate surface area is 126 Å². The molecule has 1 heterocycles. The molecule has 2 atom stereocenters. The largest absolute Gasteiger partial charge is 0.374 e. The molecular weight excluding hydrogens is 274 g/mol. The highest BCUT2D eigenvalue weighted by atomic mass is 35.5. The van der Waals surface area contributed by atoms with Gasteiger partial charge in [0.15, 0.2) is 5.82 Å². The first kappa shape index (κ1) is 15.5. The van der Waals surface area contributed by atoms with Crippen LogP contribution < -0.4 is 5.32 Å². The standard InChI is InChI=1S/C15H24ClN3O/c1-3-11-6-5-7-12(8-11)17-14-9-13(16)18-15(19-14)10-20-4-2/h9,11-12H,3-8,10H2,1-2H3,(H,17,18,19). The van der Waals surface area contributed by atoms with Gasteiger partial charge in [0.1, 0.15) is 17.6 Å². The molecule has 0 aromatic carbocycles. The van der Waals surface area contributed by atoms with Crippen molar-refractivity contribution in [1.82, 2.24) is 9.97 Å². The van der Waals surface area contributed by atoms with Crippen LogP contribution >= 0.6 is 11.6 Å². The van der Waals surface area contributed by atoms with Crippen LogP contribution in [0.4, 0.5) is 5.82 Å². The summed E-state index contributed by atoms with van der Waals surface area (Å²) >= 11 is 6.06. The van der Waals surface area contributed by atoms with Crippen LogP contribution in [0.25, 0.3) is 0 Å². The lowest BCUT2D eigenvalue weighted by molar-refractivity contribution is 0.128. The minimum atomic E-state index is 0.411. The Morgan fingerprint density at radius 2 is 2.20 bits per heavy atom. The van der Waals surface area contributed by atoms with Crippen molar-refractivity contribution in [2.45, 2.75) is 58.6 Å². The zero-order chi connectivity index (χ0) is 14.4. The lowest BCUT2D eigenvalue weighted by Gasteiger charge is -2.29. The van der Waals surface area contributed by atoms with Gasteiger partial charge in [-0.1, -0.05) is 37.8 Å². The molecule has 5 heteroatoms. The van der Waals surface area contributed by atoms with Crippen molar-refractivity contribution in [1.29, 1.82) is 0 Å². The summed E-state index contributed by atoms with van der Waals surface area (Å²) in [5, 5.41) is 3.98. The van der Waals surface area contributed by atoms with Gasteiger partial charge in [-0.15, -0.1) is 0 Å². The third-order valence-electron chi connectivity index (χ3n) is 3.89. The maximum Gasteiger partial charge on any atom is 0.158 e. The van der Waals surface area contributed by atoms with Gasteiger partial charge in [-0.2, -0.15) is 0 Å². The average Bonchev–Trinajstić information content (AvgIpc) is 2.44. The van der Waals surface area contributed by atoms with Crippen molar-refractivity contribution in [3.63, 3.8) is 0 Å². The number of nitrogens with one attached hydrogen (secondary N) is 1. The second kappa shape index (κ2) is 7.79. The normalized spacial score (nSPS) is 22.8. The molecule has 1 aliphatic carbocycles. The summed E-state index contributed by atoms with van der Waals surface area (Å²) in [6.45, 7) is 5.29. The number of halogens is 1. The lowest BCUT2D eigenvalue weighted by atomic mass is 9.84. The number of rotatable bonds is 6. The molecule has 1 aromatic rings. The Hall–Kier alpha value is -0.870. The highest BCUT2D eigenvalue weighted by molar-refractivity contribution is 6.29. The monoisotopic (exact) mass is 297 g/mol. The maximum absolute atomic E-state index is 6.06. The Kier molecular flexibility index (Phi) is 6.05. The van der Waals surface area contributed by atoms with Crippen LogP contribution in [-0.4, -0.2) is 22.6 Å². The molecule has 2 unspecified atom stereocenters. The Morgan fingerprint density at radius 3 is 2.95 bits per heavy atom. The van der Waals surface area contributed by atoms with Gasteiger partial charge in [-0.05, 0) is 25.7 Å². The van der Waals surface area contributed by atoms with Gasteiger partial charge in [0.05, 0.1) is 0 Å². The van der Waals surface area contributed by atoms with Crippen LogP contribution in [0.2, 0.25) is 5.15 Å². The minimum Gasteiger partial charge on any atom is -0.374 e. The van der Waals surface area contributed by atoms with Crippen LogP contribution in [0.3, 0.4) is 0 Å². The summed E-state index contributed by atoms with van der Waals surface area (Å²) in [5.41, 5.74) is 0. The van der Waals surface area contributed by atoms with Gasteiger partial charge in [0, 0.05) is 18.7 Å². The van der Waals surface area contributed by atoms with Gasteiger partial charge < -0.3 is 10.1 Å². The van der Waals surface area contributed by atoms with E-state index in [1.165, 1.54) is 32.1 Å². The highest BCUT2D eigenvalue weighted by Crippen LogP contribution is 2.28. The van der Waals surface area contributed by atoms with Crippen LogP contribution in [0.15, 0.2) is 6.07 Å². The van der Waals surface area contributed by atoms with E-state index in [0.717, 1.165) is 11.7 Å². The van der Waals surface area contributed by atoms with E-state index in [4.69, 9.17) is 16.3 Å². The topological polar surface area (TPSA) is 47.0 Å². The zero-order valence-electron chi connectivity index (χ0n) is 12.4. The number of anilines is 1. The van der Waals surface area contributed by atoms with Crippen molar-refractivity contribution >= 4 is 17.4 Å². The molecule has 0 aliphatic heterocycles. The second-order valence-electron chi connectivity index (χ2n) is 5.41. The average molecular weight is 298 g/mol. The first-order valence-electron chi connectivity index (χ1n) is 7.59. The summed E-state index contributed by atoms with van der Waals surface area (Å²) in [6.07, 6.45) is 6.34. The summed E-state index contributed by atoms with van der Waals surface area (Å²) in [7, 11) is 0. The lowest BCUT2D eigenvalue weighted by Crippen LogP contribution is -2.27. The van der Waals surface area contributed by atoms with Crippen molar-refractivity contribution in [3.8, 4) is 0 Å². The van der Waals surface area contributed by atoms with Crippen LogP contribution in [0.1, 0.15) is 51.8 Å². The predicted octanol–water partition coefficient (Wildman–Crippen LogP) is 4.05. The van der Waals surface area contributed by atoms with Crippen LogP contribution in [-0.2, 0) is 11.3 Å². The fourth-order valence-corrected chi connectivity index (χ4v) is 3.00. The number of aromatic nitrogens is 2. The molecule has 2 rings (SSSR count). The van der Waals surface area contributed by atoms with Crippen LogP contribution in [0, 0.1) is 5.92 Å². The molecule has 1 fully saturated rings. The molecule has 0 bridgehead atoms. The first-order valence-corrected chi connectivity index (χ1v) is 7.96. The fourth-order valence-electron chi connectivity index (χ4n) is 2.80. The molecule has 0 amide bonds. The van der Waals surface area contributed by atoms with Crippen molar-refractivity contribution in [2.75, 3.05) is 11.9 Å². The molecule has 1 aliphatic rings. The van der Waals surface area contributed by atoms with Crippen molar-refractivity contribution in [2.24, 2.45) is 5.92 Å². The Balaban J connectivity index is 1.99. The molecule has 1 aromatic heterocycles. The third-order valence-corrected chi connectivity index (χ3v) is 4.08. The van der Waals surface area contributed by atoms with E-state index < -0.39 is 0 Å². The first-order chi connectivity index (χ1) is 9.71. The molecular formula is C15H24ClN3O. The SMILES string of the molecule is CCOCc1nc(Cl)cc(NC2CCCC(CC)C2)n1. The Morgan fingerprint density at radius 1 is 1.35 bits per heavy atom. The quantitative estimate of drug-likeness (QED) is 0.805. The minimum absolute atomic E-state index is 0.411. The highest BCUT2D eigenvalue weighted by Gasteiger charge is 2.21. The summed E-state index contributed by atoms with van der Waals surface area (Å²) < 4.78 is 5.34. The van der Waals surface area contributed by atoms with Crippen molar-refractivity contribution < 1.29 is 4.74 Å². The van der Waals surface area contributed by atoms with Gasteiger partial charge in [0.25, 0.3) is 0 Å². The third kappa shape index (κ3) is 4.60. The molecule has 1 saturated carbocycles. The molecule has 0 spiro atoms. The van der Waals surface area contributed by atoms with E-state index >= 15 is 0 Å². The Bertz CT molecular complexity index is 428. The second-order valence-corrected chi connectivity index (χ2v) is 5.80. The van der Waals surface area contributed by atoms with Gasteiger partial charge >= 0.3 is 0 Å². The summed E-state index contributed by atoms with van der Waals surface area (Å²) in [5.74, 6) is 2.30. The van der Waals surface area contributed by atoms with E-state index in [1.807, 2.05) is 6.92 Å². The molecule has 112 valence electrons.